The molecule has 1 heterocycles. The van der Waals surface area contributed by atoms with Crippen LogP contribution in [-0.2, 0) is 14.3 Å². The number of halogens is 1. The molecule has 1 aromatic carbocycles. The van der Waals surface area contributed by atoms with Crippen LogP contribution in [-0.4, -0.2) is 11.6 Å². The lowest BCUT2D eigenvalue weighted by Crippen LogP contribution is -2.35. The predicted molar refractivity (Wildman–Crippen MR) is 122 cm³/mol. The van der Waals surface area contributed by atoms with Gasteiger partial charge in [0.2, 0.25) is 5.88 Å². The number of rotatable bonds is 3. The summed E-state index contributed by atoms with van der Waals surface area (Å²) in [5, 5.41) is 14.0. The SMILES string of the molecule is CC1(C)CC(=O)C=C(NC2=C(C#N)C(c3ccc(Cl)cc3)C3=C(CC(C)(C)CC3=O)O2)C1. The van der Waals surface area contributed by atoms with Gasteiger partial charge in [0.05, 0.1) is 5.92 Å². The Kier molecular flexibility index (Phi) is 5.55. The van der Waals surface area contributed by atoms with Gasteiger partial charge in [-0.3, -0.25) is 9.59 Å². The number of carbonyl (C=O) groups excluding carboxylic acids is 2. The number of ketones is 2. The molecule has 0 bridgehead atoms. The number of ether oxygens (including phenoxy) is 1. The molecule has 1 N–H and O–H groups in total. The molecule has 1 aromatic rings. The molecule has 0 spiro atoms. The molecule has 1 aliphatic heterocycles. The fourth-order valence-corrected chi connectivity index (χ4v) is 5.04. The fraction of sp³-hybridized carbons (Fsp3) is 0.423. The van der Waals surface area contributed by atoms with Gasteiger partial charge in [0.25, 0.3) is 0 Å². The van der Waals surface area contributed by atoms with Crippen LogP contribution in [0.5, 0.6) is 0 Å². The molecular weight excluding hydrogens is 424 g/mol. The van der Waals surface area contributed by atoms with E-state index in [2.05, 4.69) is 11.4 Å². The van der Waals surface area contributed by atoms with Gasteiger partial charge in [-0.15, -0.1) is 0 Å². The number of hydrogen-bond acceptors (Lipinski definition) is 5. The summed E-state index contributed by atoms with van der Waals surface area (Å²) < 4.78 is 6.21. The molecule has 3 aliphatic rings. The number of allylic oxidation sites excluding steroid dienone is 5. The van der Waals surface area contributed by atoms with Crippen molar-refractivity contribution in [2.75, 3.05) is 0 Å². The van der Waals surface area contributed by atoms with Crippen molar-refractivity contribution in [2.24, 2.45) is 10.8 Å². The van der Waals surface area contributed by atoms with Crippen LogP contribution in [0.3, 0.4) is 0 Å². The highest BCUT2D eigenvalue weighted by Gasteiger charge is 2.43. The molecule has 0 aromatic heterocycles. The van der Waals surface area contributed by atoms with E-state index in [1.165, 1.54) is 0 Å². The molecule has 0 fully saturated rings. The highest BCUT2D eigenvalue weighted by atomic mass is 35.5. The van der Waals surface area contributed by atoms with Crippen molar-refractivity contribution < 1.29 is 14.3 Å². The summed E-state index contributed by atoms with van der Waals surface area (Å²) in [6.45, 7) is 8.16. The molecule has 0 radical (unpaired) electrons. The van der Waals surface area contributed by atoms with Crippen LogP contribution < -0.4 is 5.32 Å². The summed E-state index contributed by atoms with van der Waals surface area (Å²) in [4.78, 5) is 25.5. The van der Waals surface area contributed by atoms with E-state index in [0.29, 0.717) is 59.2 Å². The second-order valence-corrected chi connectivity index (χ2v) is 10.9. The minimum atomic E-state index is -0.542. The van der Waals surface area contributed by atoms with Crippen molar-refractivity contribution in [2.45, 2.75) is 59.3 Å². The van der Waals surface area contributed by atoms with Crippen LogP contribution in [0.25, 0.3) is 0 Å². The molecule has 1 atom stereocenters. The minimum Gasteiger partial charge on any atom is -0.444 e. The van der Waals surface area contributed by atoms with Crippen LogP contribution in [0.1, 0.15) is 64.9 Å². The van der Waals surface area contributed by atoms with Gasteiger partial charge in [0.15, 0.2) is 11.6 Å². The van der Waals surface area contributed by atoms with Gasteiger partial charge in [-0.2, -0.15) is 5.26 Å². The van der Waals surface area contributed by atoms with E-state index in [-0.39, 0.29) is 22.4 Å². The monoisotopic (exact) mass is 450 g/mol. The van der Waals surface area contributed by atoms with Crippen LogP contribution in [0.2, 0.25) is 5.02 Å². The summed E-state index contributed by atoms with van der Waals surface area (Å²) in [6, 6.07) is 9.48. The van der Waals surface area contributed by atoms with Crippen molar-refractivity contribution in [3.8, 4) is 6.07 Å². The van der Waals surface area contributed by atoms with Gasteiger partial charge in [0.1, 0.15) is 17.4 Å². The first kappa shape index (κ1) is 22.4. The molecule has 166 valence electrons. The summed E-state index contributed by atoms with van der Waals surface area (Å²) in [6.07, 6.45) is 3.72. The molecule has 32 heavy (non-hydrogen) atoms. The van der Waals surface area contributed by atoms with Crippen molar-refractivity contribution in [1.29, 1.82) is 5.26 Å². The smallest absolute Gasteiger partial charge is 0.211 e. The average molecular weight is 451 g/mol. The Hall–Kier alpha value is -2.84. The third-order valence-corrected chi connectivity index (χ3v) is 6.43. The zero-order chi connectivity index (χ0) is 23.3. The first-order chi connectivity index (χ1) is 15.0. The van der Waals surface area contributed by atoms with Crippen LogP contribution in [0, 0.1) is 22.2 Å². The van der Waals surface area contributed by atoms with E-state index < -0.39 is 5.92 Å². The molecule has 0 saturated heterocycles. The van der Waals surface area contributed by atoms with Gasteiger partial charge in [-0.1, -0.05) is 51.4 Å². The zero-order valence-electron chi connectivity index (χ0n) is 18.8. The summed E-state index contributed by atoms with van der Waals surface area (Å²) in [5.41, 5.74) is 1.98. The van der Waals surface area contributed by atoms with Gasteiger partial charge < -0.3 is 10.1 Å². The van der Waals surface area contributed by atoms with E-state index in [0.717, 1.165) is 5.56 Å². The van der Waals surface area contributed by atoms with Crippen molar-refractivity contribution in [1.82, 2.24) is 5.32 Å². The normalized spacial score (nSPS) is 24.4. The number of nitrogens with zero attached hydrogens (tertiary/aromatic N) is 1. The number of nitrogens with one attached hydrogen (secondary N) is 1. The fourth-order valence-electron chi connectivity index (χ4n) is 4.91. The van der Waals surface area contributed by atoms with E-state index in [1.54, 1.807) is 18.2 Å². The third-order valence-electron chi connectivity index (χ3n) is 6.18. The number of benzene rings is 1. The van der Waals surface area contributed by atoms with E-state index >= 15 is 0 Å². The van der Waals surface area contributed by atoms with Crippen molar-refractivity contribution in [3.05, 3.63) is 69.4 Å². The standard InChI is InChI=1S/C26H27ClN2O3/c1-25(2)10-17(9-18(30)11-25)29-24-19(14-28)22(15-5-7-16(27)8-6-15)23-20(31)12-26(3,4)13-21(23)32-24/h5-9,22,29H,10-13H2,1-4H3. The zero-order valence-corrected chi connectivity index (χ0v) is 19.6. The second kappa shape index (κ2) is 7.94. The van der Waals surface area contributed by atoms with Gasteiger partial charge in [-0.05, 0) is 34.9 Å². The first-order valence-corrected chi connectivity index (χ1v) is 11.2. The van der Waals surface area contributed by atoms with E-state index in [9.17, 15) is 14.9 Å². The lowest BCUT2D eigenvalue weighted by Gasteiger charge is -2.38. The Morgan fingerprint density at radius 2 is 1.69 bits per heavy atom. The Bertz CT molecular complexity index is 1130. The summed E-state index contributed by atoms with van der Waals surface area (Å²) in [5.74, 6) is 0.390. The number of hydrogen-bond donors (Lipinski definition) is 1. The topological polar surface area (TPSA) is 79.2 Å². The highest BCUT2D eigenvalue weighted by molar-refractivity contribution is 6.30. The molecular formula is C26H27ClN2O3. The number of nitriles is 1. The van der Waals surface area contributed by atoms with E-state index in [4.69, 9.17) is 16.3 Å². The quantitative estimate of drug-likeness (QED) is 0.639. The van der Waals surface area contributed by atoms with Gasteiger partial charge in [-0.25, -0.2) is 0 Å². The molecule has 0 saturated carbocycles. The van der Waals surface area contributed by atoms with Crippen LogP contribution in [0.4, 0.5) is 0 Å². The Balaban J connectivity index is 1.82. The lowest BCUT2D eigenvalue weighted by atomic mass is 9.70. The van der Waals surface area contributed by atoms with Crippen LogP contribution in [0.15, 0.2) is 58.8 Å². The molecule has 0 amide bonds. The average Bonchev–Trinajstić information content (AvgIpc) is 2.65. The maximum atomic E-state index is 13.2. The van der Waals surface area contributed by atoms with Gasteiger partial charge >= 0.3 is 0 Å². The third kappa shape index (κ3) is 4.38. The molecule has 5 nitrogen and oxygen atoms in total. The Morgan fingerprint density at radius 1 is 1.03 bits per heavy atom. The van der Waals surface area contributed by atoms with E-state index in [1.807, 2.05) is 39.8 Å². The van der Waals surface area contributed by atoms with Crippen LogP contribution >= 0.6 is 11.6 Å². The number of Topliss-reactive ketones (excluding diaryl/α,β-unsaturated/α-hetero) is 1. The maximum absolute atomic E-state index is 13.2. The predicted octanol–water partition coefficient (Wildman–Crippen LogP) is 5.69. The first-order valence-electron chi connectivity index (χ1n) is 10.8. The minimum absolute atomic E-state index is 0.00352. The number of carbonyl (C=O) groups is 2. The van der Waals surface area contributed by atoms with Gasteiger partial charge in [0, 0.05) is 41.6 Å². The second-order valence-electron chi connectivity index (χ2n) is 10.5. The summed E-state index contributed by atoms with van der Waals surface area (Å²) >= 11 is 6.09. The largest absolute Gasteiger partial charge is 0.444 e. The van der Waals surface area contributed by atoms with Crippen molar-refractivity contribution in [3.63, 3.8) is 0 Å². The summed E-state index contributed by atoms with van der Waals surface area (Å²) in [7, 11) is 0. The highest BCUT2D eigenvalue weighted by Crippen LogP contribution is 2.48. The molecule has 1 unspecified atom stereocenters. The molecule has 4 rings (SSSR count). The maximum Gasteiger partial charge on any atom is 0.211 e. The molecule has 2 aliphatic carbocycles. The Morgan fingerprint density at radius 3 is 2.31 bits per heavy atom. The van der Waals surface area contributed by atoms with Crippen molar-refractivity contribution >= 4 is 23.2 Å². The molecule has 6 heteroatoms. The lowest BCUT2D eigenvalue weighted by molar-refractivity contribution is -0.119. The Labute approximate surface area is 193 Å².